The molecule has 1 aliphatic heterocycles. The quantitative estimate of drug-likeness (QED) is 0.710. The number of para-hydroxylation sites is 1. The third-order valence-electron chi connectivity index (χ3n) is 5.55. The van der Waals surface area contributed by atoms with Gasteiger partial charge in [0.05, 0.1) is 12.0 Å². The van der Waals surface area contributed by atoms with Gasteiger partial charge in [0.25, 0.3) is 11.5 Å². The fourth-order valence-corrected chi connectivity index (χ4v) is 3.69. The second-order valence-electron chi connectivity index (χ2n) is 7.73. The van der Waals surface area contributed by atoms with Crippen molar-refractivity contribution in [1.29, 1.82) is 0 Å². The van der Waals surface area contributed by atoms with Gasteiger partial charge in [0.15, 0.2) is 11.2 Å². The molecular formula is C21H26N6O2. The number of hydrogen-bond donors (Lipinski definition) is 1. The van der Waals surface area contributed by atoms with Crippen molar-refractivity contribution >= 4 is 16.9 Å². The summed E-state index contributed by atoms with van der Waals surface area (Å²) in [5.74, 6) is 0.471. The summed E-state index contributed by atoms with van der Waals surface area (Å²) in [4.78, 5) is 32.3. The molecule has 1 aromatic carbocycles. The largest absolute Gasteiger partial charge is 0.349 e. The van der Waals surface area contributed by atoms with E-state index in [1.807, 2.05) is 30.3 Å². The number of aryl methyl sites for hydroxylation is 1. The minimum Gasteiger partial charge on any atom is -0.349 e. The summed E-state index contributed by atoms with van der Waals surface area (Å²) >= 11 is 0. The third kappa shape index (κ3) is 3.93. The van der Waals surface area contributed by atoms with Gasteiger partial charge in [-0.25, -0.2) is 9.67 Å². The molecule has 0 atom stereocenters. The smallest absolute Gasteiger partial charge is 0.279 e. The van der Waals surface area contributed by atoms with E-state index in [2.05, 4.69) is 27.2 Å². The standard InChI is InChI=1S/C21H26N6O2/c1-15-8-11-26(12-9-15)13-10-22-20(28)18-17-19(21(29)25(2)14-23-17)27(24-18)16-6-4-3-5-7-16/h3-7,14-15H,8-13H2,1-2H3,(H,22,28). The van der Waals surface area contributed by atoms with Crippen LogP contribution in [0.2, 0.25) is 0 Å². The lowest BCUT2D eigenvalue weighted by Gasteiger charge is -2.30. The number of carbonyl (C=O) groups is 1. The number of carbonyl (C=O) groups excluding carboxylic acids is 1. The summed E-state index contributed by atoms with van der Waals surface area (Å²) in [5, 5.41) is 7.40. The number of amides is 1. The predicted octanol–water partition coefficient (Wildman–Crippen LogP) is 1.58. The molecule has 0 unspecified atom stereocenters. The zero-order chi connectivity index (χ0) is 20.4. The number of piperidine rings is 1. The average molecular weight is 394 g/mol. The Hall–Kier alpha value is -3.00. The van der Waals surface area contributed by atoms with Crippen LogP contribution in [0.4, 0.5) is 0 Å². The van der Waals surface area contributed by atoms with E-state index in [0.717, 1.165) is 25.6 Å². The maximum Gasteiger partial charge on any atom is 0.279 e. The molecule has 0 saturated carbocycles. The number of likely N-dealkylation sites (tertiary alicyclic amines) is 1. The molecule has 0 aliphatic carbocycles. The molecule has 152 valence electrons. The molecule has 1 saturated heterocycles. The molecule has 1 aliphatic rings. The molecule has 8 nitrogen and oxygen atoms in total. The number of benzene rings is 1. The Morgan fingerprint density at radius 3 is 2.66 bits per heavy atom. The highest BCUT2D eigenvalue weighted by atomic mass is 16.2. The number of rotatable bonds is 5. The highest BCUT2D eigenvalue weighted by molar-refractivity contribution is 6.03. The zero-order valence-electron chi connectivity index (χ0n) is 16.8. The second-order valence-corrected chi connectivity index (χ2v) is 7.73. The molecule has 8 heteroatoms. The van der Waals surface area contributed by atoms with Crippen molar-refractivity contribution in [2.45, 2.75) is 19.8 Å². The van der Waals surface area contributed by atoms with E-state index in [-0.39, 0.29) is 17.2 Å². The van der Waals surface area contributed by atoms with Crippen molar-refractivity contribution in [3.8, 4) is 5.69 Å². The fourth-order valence-electron chi connectivity index (χ4n) is 3.69. The number of hydrogen-bond acceptors (Lipinski definition) is 5. The normalized spacial score (nSPS) is 15.7. The Balaban J connectivity index is 1.58. The van der Waals surface area contributed by atoms with Crippen LogP contribution in [-0.2, 0) is 7.05 Å². The number of nitrogens with one attached hydrogen (secondary N) is 1. The molecule has 0 bridgehead atoms. The van der Waals surface area contributed by atoms with Crippen molar-refractivity contribution < 1.29 is 4.79 Å². The van der Waals surface area contributed by atoms with Gasteiger partial charge in [0.2, 0.25) is 0 Å². The van der Waals surface area contributed by atoms with Crippen LogP contribution < -0.4 is 10.9 Å². The van der Waals surface area contributed by atoms with Crippen LogP contribution in [0.25, 0.3) is 16.7 Å². The van der Waals surface area contributed by atoms with Crippen molar-refractivity contribution in [3.63, 3.8) is 0 Å². The molecule has 2 aromatic heterocycles. The van der Waals surface area contributed by atoms with Crippen LogP contribution >= 0.6 is 0 Å². The molecule has 4 rings (SSSR count). The lowest BCUT2D eigenvalue weighted by atomic mass is 9.99. The molecule has 1 amide bonds. The topological polar surface area (TPSA) is 85.0 Å². The third-order valence-corrected chi connectivity index (χ3v) is 5.55. The van der Waals surface area contributed by atoms with Gasteiger partial charge in [-0.2, -0.15) is 5.10 Å². The van der Waals surface area contributed by atoms with Gasteiger partial charge in [0.1, 0.15) is 5.52 Å². The van der Waals surface area contributed by atoms with Gasteiger partial charge in [-0.1, -0.05) is 25.1 Å². The van der Waals surface area contributed by atoms with E-state index in [1.54, 1.807) is 7.05 Å². The highest BCUT2D eigenvalue weighted by Crippen LogP contribution is 2.18. The van der Waals surface area contributed by atoms with Gasteiger partial charge >= 0.3 is 0 Å². The molecule has 1 N–H and O–H groups in total. The number of nitrogens with zero attached hydrogens (tertiary/aromatic N) is 5. The SMILES string of the molecule is CC1CCN(CCNC(=O)c2nn(-c3ccccc3)c3c(=O)n(C)cnc23)CC1. The van der Waals surface area contributed by atoms with E-state index in [4.69, 9.17) is 0 Å². The number of fused-ring (bicyclic) bond motifs is 1. The predicted molar refractivity (Wildman–Crippen MR) is 111 cm³/mol. The number of aromatic nitrogens is 4. The summed E-state index contributed by atoms with van der Waals surface area (Å²) < 4.78 is 2.90. The van der Waals surface area contributed by atoms with Crippen LogP contribution in [0.3, 0.4) is 0 Å². The summed E-state index contributed by atoms with van der Waals surface area (Å²) in [6.45, 7) is 5.77. The Kier molecular flexibility index (Phi) is 5.44. The summed E-state index contributed by atoms with van der Waals surface area (Å²) in [5.41, 5.74) is 1.27. The van der Waals surface area contributed by atoms with E-state index >= 15 is 0 Å². The Labute approximate surface area is 169 Å². The van der Waals surface area contributed by atoms with Gasteiger partial charge < -0.3 is 14.8 Å². The Morgan fingerprint density at radius 1 is 1.21 bits per heavy atom. The highest BCUT2D eigenvalue weighted by Gasteiger charge is 2.22. The lowest BCUT2D eigenvalue weighted by molar-refractivity contribution is 0.0940. The summed E-state index contributed by atoms with van der Waals surface area (Å²) in [7, 11) is 1.64. The van der Waals surface area contributed by atoms with Crippen molar-refractivity contribution in [2.24, 2.45) is 13.0 Å². The molecular weight excluding hydrogens is 368 g/mol. The molecule has 3 aromatic rings. The van der Waals surface area contributed by atoms with Gasteiger partial charge in [-0.3, -0.25) is 9.59 Å². The first kappa shape index (κ1) is 19.3. The van der Waals surface area contributed by atoms with E-state index < -0.39 is 0 Å². The maximum absolute atomic E-state index is 12.8. The minimum atomic E-state index is -0.309. The first-order valence-electron chi connectivity index (χ1n) is 10.0. The molecule has 1 fully saturated rings. The van der Waals surface area contributed by atoms with Crippen LogP contribution in [0.15, 0.2) is 41.5 Å². The minimum absolute atomic E-state index is 0.175. The van der Waals surface area contributed by atoms with Gasteiger partial charge in [0, 0.05) is 20.1 Å². The van der Waals surface area contributed by atoms with Gasteiger partial charge in [-0.15, -0.1) is 0 Å². The lowest BCUT2D eigenvalue weighted by Crippen LogP contribution is -2.39. The van der Waals surface area contributed by atoms with Crippen LogP contribution in [0.5, 0.6) is 0 Å². The fraction of sp³-hybridized carbons (Fsp3) is 0.429. The Morgan fingerprint density at radius 2 is 1.93 bits per heavy atom. The first-order chi connectivity index (χ1) is 14.0. The van der Waals surface area contributed by atoms with Gasteiger partial charge in [-0.05, 0) is 44.0 Å². The van der Waals surface area contributed by atoms with E-state index in [1.165, 1.54) is 28.4 Å². The van der Waals surface area contributed by atoms with Crippen LogP contribution in [0.1, 0.15) is 30.3 Å². The maximum atomic E-state index is 12.8. The Bertz CT molecular complexity index is 1060. The van der Waals surface area contributed by atoms with E-state index in [9.17, 15) is 9.59 Å². The van der Waals surface area contributed by atoms with Crippen molar-refractivity contribution in [3.05, 3.63) is 52.7 Å². The van der Waals surface area contributed by atoms with E-state index in [0.29, 0.717) is 23.3 Å². The zero-order valence-corrected chi connectivity index (χ0v) is 16.8. The first-order valence-corrected chi connectivity index (χ1v) is 10.0. The van der Waals surface area contributed by atoms with Crippen molar-refractivity contribution in [1.82, 2.24) is 29.5 Å². The summed E-state index contributed by atoms with van der Waals surface area (Å²) in [6.07, 6.45) is 3.83. The average Bonchev–Trinajstić information content (AvgIpc) is 3.13. The van der Waals surface area contributed by atoms with Crippen LogP contribution in [-0.4, -0.2) is 56.3 Å². The molecule has 0 spiro atoms. The monoisotopic (exact) mass is 394 g/mol. The van der Waals surface area contributed by atoms with Crippen molar-refractivity contribution in [2.75, 3.05) is 26.2 Å². The second kappa shape index (κ2) is 8.16. The summed E-state index contributed by atoms with van der Waals surface area (Å²) in [6, 6.07) is 9.31. The molecule has 29 heavy (non-hydrogen) atoms. The molecule has 0 radical (unpaired) electrons. The van der Waals surface area contributed by atoms with Crippen LogP contribution in [0, 0.1) is 5.92 Å². The molecule has 3 heterocycles.